The third-order valence-corrected chi connectivity index (χ3v) is 3.99. The van der Waals surface area contributed by atoms with Crippen LogP contribution in [0.4, 0.5) is 0 Å². The summed E-state index contributed by atoms with van der Waals surface area (Å²) in [6, 6.07) is 7.55. The van der Waals surface area contributed by atoms with Crippen LogP contribution in [0.1, 0.15) is 25.8 Å². The van der Waals surface area contributed by atoms with Gasteiger partial charge in [-0.15, -0.1) is 0 Å². The highest BCUT2D eigenvalue weighted by molar-refractivity contribution is 7.89. The average molecular weight is 282 g/mol. The third kappa shape index (κ3) is 4.99. The number of sulfonamides is 1. The molecule has 0 aromatic heterocycles. The van der Waals surface area contributed by atoms with E-state index in [9.17, 15) is 13.5 Å². The third-order valence-electron chi connectivity index (χ3n) is 2.55. The van der Waals surface area contributed by atoms with Crippen LogP contribution >= 0.6 is 0 Å². The van der Waals surface area contributed by atoms with Crippen molar-refractivity contribution < 1.29 is 13.5 Å². The zero-order chi connectivity index (χ0) is 14.5. The van der Waals surface area contributed by atoms with E-state index in [0.29, 0.717) is 17.9 Å². The summed E-state index contributed by atoms with van der Waals surface area (Å²) in [5, 5.41) is 18.3. The molecule has 1 aromatic rings. The van der Waals surface area contributed by atoms with Crippen LogP contribution in [-0.2, 0) is 10.0 Å². The lowest BCUT2D eigenvalue weighted by Crippen LogP contribution is -2.32. The summed E-state index contributed by atoms with van der Waals surface area (Å²) in [6.45, 7) is 3.90. The molecule has 104 valence electrons. The van der Waals surface area contributed by atoms with E-state index in [4.69, 9.17) is 5.26 Å². The van der Waals surface area contributed by atoms with Gasteiger partial charge in [0.25, 0.3) is 0 Å². The largest absolute Gasteiger partial charge is 0.392 e. The van der Waals surface area contributed by atoms with E-state index in [1.165, 1.54) is 24.3 Å². The smallest absolute Gasteiger partial charge is 0.240 e. The van der Waals surface area contributed by atoms with Crippen molar-refractivity contribution in [1.29, 1.82) is 5.26 Å². The number of aliphatic hydroxyl groups is 1. The lowest BCUT2D eigenvalue weighted by Gasteiger charge is -2.14. The molecule has 1 rings (SSSR count). The van der Waals surface area contributed by atoms with E-state index in [2.05, 4.69) is 4.72 Å². The van der Waals surface area contributed by atoms with Crippen molar-refractivity contribution in [2.45, 2.75) is 31.3 Å². The Labute approximate surface area is 113 Å². The fourth-order valence-corrected chi connectivity index (χ4v) is 2.70. The Hall–Kier alpha value is -1.42. The van der Waals surface area contributed by atoms with Crippen molar-refractivity contribution in [3.63, 3.8) is 0 Å². The molecule has 5 nitrogen and oxygen atoms in total. The summed E-state index contributed by atoms with van der Waals surface area (Å²) in [5.41, 5.74) is 0.402. The number of nitrogens with one attached hydrogen (secondary N) is 1. The molecular weight excluding hydrogens is 264 g/mol. The second kappa shape index (κ2) is 6.66. The van der Waals surface area contributed by atoms with Crippen LogP contribution < -0.4 is 4.72 Å². The zero-order valence-electron chi connectivity index (χ0n) is 11.0. The number of benzene rings is 1. The average Bonchev–Trinajstić information content (AvgIpc) is 2.36. The molecule has 0 spiro atoms. The van der Waals surface area contributed by atoms with Gasteiger partial charge in [-0.05, 0) is 36.6 Å². The normalized spacial score (nSPS) is 13.2. The van der Waals surface area contributed by atoms with Gasteiger partial charge in [-0.1, -0.05) is 13.8 Å². The van der Waals surface area contributed by atoms with Crippen molar-refractivity contribution in [3.05, 3.63) is 29.8 Å². The minimum Gasteiger partial charge on any atom is -0.392 e. The number of nitrogens with zero attached hydrogens (tertiary/aromatic N) is 1. The topological polar surface area (TPSA) is 90.2 Å². The highest BCUT2D eigenvalue weighted by Crippen LogP contribution is 2.10. The molecule has 1 aromatic carbocycles. The number of rotatable bonds is 6. The molecule has 0 saturated heterocycles. The molecule has 0 aliphatic rings. The van der Waals surface area contributed by atoms with Crippen LogP contribution in [0.15, 0.2) is 29.2 Å². The molecule has 0 amide bonds. The first-order valence-electron chi connectivity index (χ1n) is 6.03. The minimum absolute atomic E-state index is 0.0134. The van der Waals surface area contributed by atoms with Crippen LogP contribution in [0.5, 0.6) is 0 Å². The summed E-state index contributed by atoms with van der Waals surface area (Å²) >= 11 is 0. The Morgan fingerprint density at radius 3 is 2.37 bits per heavy atom. The van der Waals surface area contributed by atoms with E-state index in [-0.39, 0.29) is 11.4 Å². The first kappa shape index (κ1) is 15.6. The molecule has 0 radical (unpaired) electrons. The molecule has 1 atom stereocenters. The highest BCUT2D eigenvalue weighted by Gasteiger charge is 2.16. The fourth-order valence-electron chi connectivity index (χ4n) is 1.63. The molecule has 0 aliphatic heterocycles. The lowest BCUT2D eigenvalue weighted by molar-refractivity contribution is 0.152. The zero-order valence-corrected chi connectivity index (χ0v) is 11.8. The van der Waals surface area contributed by atoms with E-state index in [1.807, 2.05) is 19.9 Å². The van der Waals surface area contributed by atoms with Gasteiger partial charge < -0.3 is 5.11 Å². The van der Waals surface area contributed by atoms with Gasteiger partial charge in [0, 0.05) is 6.54 Å². The molecular formula is C13H18N2O3S. The molecule has 0 fully saturated rings. The summed E-state index contributed by atoms with van der Waals surface area (Å²) in [4.78, 5) is 0.0863. The number of hydrogen-bond donors (Lipinski definition) is 2. The van der Waals surface area contributed by atoms with Crippen molar-refractivity contribution in [2.75, 3.05) is 6.54 Å². The SMILES string of the molecule is CC(C)CC(O)CNS(=O)(=O)c1ccc(C#N)cc1. The van der Waals surface area contributed by atoms with Crippen molar-refractivity contribution in [1.82, 2.24) is 4.72 Å². The first-order chi connectivity index (χ1) is 8.85. The Balaban J connectivity index is 2.68. The van der Waals surface area contributed by atoms with Gasteiger partial charge in [-0.2, -0.15) is 5.26 Å². The minimum atomic E-state index is -3.64. The molecule has 0 bridgehead atoms. The van der Waals surface area contributed by atoms with E-state index >= 15 is 0 Å². The second-order valence-corrected chi connectivity index (χ2v) is 6.54. The van der Waals surface area contributed by atoms with Crippen molar-refractivity contribution >= 4 is 10.0 Å². The molecule has 0 saturated carbocycles. The summed E-state index contributed by atoms with van der Waals surface area (Å²) in [5.74, 6) is 0.300. The van der Waals surface area contributed by atoms with Crippen LogP contribution in [0.2, 0.25) is 0 Å². The maximum atomic E-state index is 11.9. The van der Waals surface area contributed by atoms with Gasteiger partial charge in [0.1, 0.15) is 0 Å². The standard InChI is InChI=1S/C13H18N2O3S/c1-10(2)7-12(16)9-15-19(17,18)13-5-3-11(8-14)4-6-13/h3-6,10,12,15-16H,7,9H2,1-2H3. The molecule has 1 unspecified atom stereocenters. The van der Waals surface area contributed by atoms with Gasteiger partial charge >= 0.3 is 0 Å². The Bertz CT molecular complexity index is 544. The Kier molecular flexibility index (Phi) is 5.48. The molecule has 19 heavy (non-hydrogen) atoms. The van der Waals surface area contributed by atoms with Crippen LogP contribution in [0, 0.1) is 17.2 Å². The summed E-state index contributed by atoms with van der Waals surface area (Å²) in [7, 11) is -3.64. The lowest BCUT2D eigenvalue weighted by atomic mass is 10.1. The van der Waals surface area contributed by atoms with Crippen LogP contribution in [-0.4, -0.2) is 26.2 Å². The predicted molar refractivity (Wildman–Crippen MR) is 71.8 cm³/mol. The maximum Gasteiger partial charge on any atom is 0.240 e. The Morgan fingerprint density at radius 2 is 1.89 bits per heavy atom. The van der Waals surface area contributed by atoms with E-state index in [1.54, 1.807) is 0 Å². The van der Waals surface area contributed by atoms with Crippen LogP contribution in [0.25, 0.3) is 0 Å². The predicted octanol–water partition coefficient (Wildman–Crippen LogP) is 1.24. The summed E-state index contributed by atoms with van der Waals surface area (Å²) in [6.07, 6.45) is -0.163. The molecule has 0 heterocycles. The van der Waals surface area contributed by atoms with Gasteiger partial charge in [-0.3, -0.25) is 0 Å². The maximum absolute atomic E-state index is 11.9. The highest BCUT2D eigenvalue weighted by atomic mass is 32.2. The van der Waals surface area contributed by atoms with Crippen LogP contribution in [0.3, 0.4) is 0 Å². The van der Waals surface area contributed by atoms with Gasteiger partial charge in [0.2, 0.25) is 10.0 Å². The van der Waals surface area contributed by atoms with E-state index < -0.39 is 16.1 Å². The first-order valence-corrected chi connectivity index (χ1v) is 7.51. The monoisotopic (exact) mass is 282 g/mol. The number of aliphatic hydroxyl groups excluding tert-OH is 1. The summed E-state index contributed by atoms with van der Waals surface area (Å²) < 4.78 is 26.2. The molecule has 6 heteroatoms. The van der Waals surface area contributed by atoms with Crippen molar-refractivity contribution in [3.8, 4) is 6.07 Å². The van der Waals surface area contributed by atoms with E-state index in [0.717, 1.165) is 0 Å². The number of hydrogen-bond acceptors (Lipinski definition) is 4. The fraction of sp³-hybridized carbons (Fsp3) is 0.462. The van der Waals surface area contributed by atoms with Gasteiger partial charge in [-0.25, -0.2) is 13.1 Å². The molecule has 2 N–H and O–H groups in total. The van der Waals surface area contributed by atoms with Crippen molar-refractivity contribution in [2.24, 2.45) is 5.92 Å². The second-order valence-electron chi connectivity index (χ2n) is 4.77. The van der Waals surface area contributed by atoms with Gasteiger partial charge in [0.15, 0.2) is 0 Å². The Morgan fingerprint density at radius 1 is 1.32 bits per heavy atom. The number of nitriles is 1. The van der Waals surface area contributed by atoms with Gasteiger partial charge in [0.05, 0.1) is 22.6 Å². The molecule has 0 aliphatic carbocycles. The quantitative estimate of drug-likeness (QED) is 0.821.